The van der Waals surface area contributed by atoms with Crippen LogP contribution >= 0.6 is 11.3 Å². The van der Waals surface area contributed by atoms with Crippen molar-refractivity contribution in [1.29, 1.82) is 0 Å². The molecule has 2 rings (SSSR count). The summed E-state index contributed by atoms with van der Waals surface area (Å²) in [5, 5.41) is 6.49. The van der Waals surface area contributed by atoms with Crippen LogP contribution in [0.5, 0.6) is 0 Å². The second kappa shape index (κ2) is 4.76. The smallest absolute Gasteiger partial charge is 0.211 e. The Balaban J connectivity index is 1.91. The molecule has 86 valence electrons. The van der Waals surface area contributed by atoms with Gasteiger partial charge in [0.25, 0.3) is 0 Å². The van der Waals surface area contributed by atoms with Gasteiger partial charge in [-0.05, 0) is 20.8 Å². The Morgan fingerprint density at radius 3 is 2.88 bits per heavy atom. The molecule has 0 saturated carbocycles. The Hall–Kier alpha value is -1.20. The zero-order chi connectivity index (χ0) is 11.5. The van der Waals surface area contributed by atoms with Crippen LogP contribution in [0.25, 0.3) is 0 Å². The second-order valence-corrected chi connectivity index (χ2v) is 4.83. The lowest BCUT2D eigenvalue weighted by atomic mass is 10.3. The standard InChI is InChI=1S/C11H15N3OS/c1-7-4-13-11(15-7)8(2)12-5-10-6-16-9(3)14-10/h4,6,8,12H,5H2,1-3H3. The maximum atomic E-state index is 5.45. The van der Waals surface area contributed by atoms with Crippen LogP contribution in [0, 0.1) is 13.8 Å². The van der Waals surface area contributed by atoms with Gasteiger partial charge in [0.2, 0.25) is 5.89 Å². The lowest BCUT2D eigenvalue weighted by Gasteiger charge is -2.08. The van der Waals surface area contributed by atoms with Crippen molar-refractivity contribution in [2.75, 3.05) is 0 Å². The molecule has 0 aromatic carbocycles. The molecule has 0 saturated heterocycles. The Labute approximate surface area is 98.7 Å². The maximum Gasteiger partial charge on any atom is 0.211 e. The molecule has 0 radical (unpaired) electrons. The number of hydrogen-bond acceptors (Lipinski definition) is 5. The molecule has 0 bridgehead atoms. The number of thiazole rings is 1. The van der Waals surface area contributed by atoms with Crippen molar-refractivity contribution in [3.8, 4) is 0 Å². The molecule has 4 nitrogen and oxygen atoms in total. The number of hydrogen-bond donors (Lipinski definition) is 1. The van der Waals surface area contributed by atoms with Crippen molar-refractivity contribution in [2.24, 2.45) is 0 Å². The largest absolute Gasteiger partial charge is 0.444 e. The zero-order valence-electron chi connectivity index (χ0n) is 9.65. The summed E-state index contributed by atoms with van der Waals surface area (Å²) in [4.78, 5) is 8.57. The SMILES string of the molecule is Cc1cnc(C(C)NCc2csc(C)n2)o1. The first kappa shape index (κ1) is 11.3. The normalized spacial score (nSPS) is 12.9. The van der Waals surface area contributed by atoms with Crippen LogP contribution < -0.4 is 5.32 Å². The van der Waals surface area contributed by atoms with Crippen LogP contribution in [-0.4, -0.2) is 9.97 Å². The third-order valence-electron chi connectivity index (χ3n) is 2.27. The molecule has 2 heterocycles. The molecular formula is C11H15N3OS. The first-order valence-corrected chi connectivity index (χ1v) is 6.10. The van der Waals surface area contributed by atoms with Gasteiger partial charge < -0.3 is 9.73 Å². The van der Waals surface area contributed by atoms with E-state index in [2.05, 4.69) is 20.7 Å². The fourth-order valence-electron chi connectivity index (χ4n) is 1.41. The van der Waals surface area contributed by atoms with Gasteiger partial charge in [0.15, 0.2) is 0 Å². The fourth-order valence-corrected chi connectivity index (χ4v) is 2.02. The van der Waals surface area contributed by atoms with Gasteiger partial charge in [-0.15, -0.1) is 11.3 Å². The van der Waals surface area contributed by atoms with Crippen molar-refractivity contribution < 1.29 is 4.42 Å². The quantitative estimate of drug-likeness (QED) is 0.888. The minimum atomic E-state index is 0.107. The summed E-state index contributed by atoms with van der Waals surface area (Å²) in [6.07, 6.45) is 1.74. The molecule has 2 aromatic rings. The van der Waals surface area contributed by atoms with E-state index in [-0.39, 0.29) is 6.04 Å². The number of oxazole rings is 1. The number of nitrogens with one attached hydrogen (secondary N) is 1. The number of aromatic nitrogens is 2. The third-order valence-corrected chi connectivity index (χ3v) is 3.09. The molecule has 0 aliphatic heterocycles. The van der Waals surface area contributed by atoms with Crippen LogP contribution in [0.4, 0.5) is 0 Å². The molecule has 0 amide bonds. The summed E-state index contributed by atoms with van der Waals surface area (Å²) in [7, 11) is 0. The Bertz CT molecular complexity index is 463. The van der Waals surface area contributed by atoms with Crippen molar-refractivity contribution in [3.63, 3.8) is 0 Å². The van der Waals surface area contributed by atoms with E-state index in [1.165, 1.54) is 0 Å². The van der Waals surface area contributed by atoms with Gasteiger partial charge in [-0.2, -0.15) is 0 Å². The fraction of sp³-hybridized carbons (Fsp3) is 0.455. The van der Waals surface area contributed by atoms with E-state index >= 15 is 0 Å². The highest BCUT2D eigenvalue weighted by Gasteiger charge is 2.10. The van der Waals surface area contributed by atoms with E-state index in [1.807, 2.05) is 20.8 Å². The van der Waals surface area contributed by atoms with Crippen molar-refractivity contribution in [1.82, 2.24) is 15.3 Å². The minimum Gasteiger partial charge on any atom is -0.444 e. The van der Waals surface area contributed by atoms with Crippen molar-refractivity contribution in [2.45, 2.75) is 33.4 Å². The van der Waals surface area contributed by atoms with E-state index < -0.39 is 0 Å². The predicted octanol–water partition coefficient (Wildman–Crippen LogP) is 2.60. The molecule has 1 unspecified atom stereocenters. The van der Waals surface area contributed by atoms with Crippen LogP contribution in [0.15, 0.2) is 16.0 Å². The van der Waals surface area contributed by atoms with Crippen LogP contribution in [0.1, 0.15) is 35.3 Å². The maximum absolute atomic E-state index is 5.45. The van der Waals surface area contributed by atoms with E-state index in [1.54, 1.807) is 17.5 Å². The first-order chi connectivity index (χ1) is 7.65. The van der Waals surface area contributed by atoms with Gasteiger partial charge in [-0.25, -0.2) is 9.97 Å². The highest BCUT2D eigenvalue weighted by atomic mass is 32.1. The molecule has 5 heteroatoms. The molecule has 0 spiro atoms. The molecule has 1 N–H and O–H groups in total. The average Bonchev–Trinajstić information content (AvgIpc) is 2.84. The molecule has 1 atom stereocenters. The van der Waals surface area contributed by atoms with Crippen molar-refractivity contribution >= 4 is 11.3 Å². The van der Waals surface area contributed by atoms with Gasteiger partial charge in [0.1, 0.15) is 5.76 Å². The predicted molar refractivity (Wildman–Crippen MR) is 63.3 cm³/mol. The molecule has 0 fully saturated rings. The molecule has 0 aliphatic rings. The van der Waals surface area contributed by atoms with E-state index in [9.17, 15) is 0 Å². The van der Waals surface area contributed by atoms with E-state index in [0.717, 1.165) is 28.9 Å². The topological polar surface area (TPSA) is 51.0 Å². The first-order valence-electron chi connectivity index (χ1n) is 5.22. The summed E-state index contributed by atoms with van der Waals surface area (Å²) < 4.78 is 5.45. The lowest BCUT2D eigenvalue weighted by Crippen LogP contribution is -2.18. The summed E-state index contributed by atoms with van der Waals surface area (Å²) in [6, 6.07) is 0.107. The van der Waals surface area contributed by atoms with E-state index in [0.29, 0.717) is 0 Å². The van der Waals surface area contributed by atoms with Crippen molar-refractivity contribution in [3.05, 3.63) is 33.9 Å². The van der Waals surface area contributed by atoms with Gasteiger partial charge >= 0.3 is 0 Å². The van der Waals surface area contributed by atoms with Gasteiger partial charge in [0, 0.05) is 11.9 Å². The molecular weight excluding hydrogens is 222 g/mol. The van der Waals surface area contributed by atoms with Crippen LogP contribution in [0.3, 0.4) is 0 Å². The average molecular weight is 237 g/mol. The van der Waals surface area contributed by atoms with Gasteiger partial charge in [-0.3, -0.25) is 0 Å². The Morgan fingerprint density at radius 1 is 1.50 bits per heavy atom. The molecule has 0 aliphatic carbocycles. The summed E-state index contributed by atoms with van der Waals surface area (Å²) >= 11 is 1.67. The highest BCUT2D eigenvalue weighted by Crippen LogP contribution is 2.13. The zero-order valence-corrected chi connectivity index (χ0v) is 10.5. The second-order valence-electron chi connectivity index (χ2n) is 3.77. The van der Waals surface area contributed by atoms with Gasteiger partial charge in [-0.1, -0.05) is 0 Å². The summed E-state index contributed by atoms with van der Waals surface area (Å²) in [5.41, 5.74) is 1.07. The van der Waals surface area contributed by atoms with Gasteiger partial charge in [0.05, 0.1) is 22.9 Å². The number of aryl methyl sites for hydroxylation is 2. The summed E-state index contributed by atoms with van der Waals surface area (Å²) in [5.74, 6) is 1.57. The molecule has 2 aromatic heterocycles. The van der Waals surface area contributed by atoms with E-state index in [4.69, 9.17) is 4.42 Å². The number of nitrogens with zero attached hydrogens (tertiary/aromatic N) is 2. The third kappa shape index (κ3) is 2.68. The molecule has 16 heavy (non-hydrogen) atoms. The highest BCUT2D eigenvalue weighted by molar-refractivity contribution is 7.09. The monoisotopic (exact) mass is 237 g/mol. The Morgan fingerprint density at radius 2 is 2.31 bits per heavy atom. The van der Waals surface area contributed by atoms with Crippen LogP contribution in [-0.2, 0) is 6.54 Å². The minimum absolute atomic E-state index is 0.107. The Kier molecular flexibility index (Phi) is 3.36. The number of rotatable bonds is 4. The van der Waals surface area contributed by atoms with Crippen LogP contribution in [0.2, 0.25) is 0 Å². The lowest BCUT2D eigenvalue weighted by molar-refractivity contribution is 0.401. The summed E-state index contributed by atoms with van der Waals surface area (Å²) in [6.45, 7) is 6.68.